The van der Waals surface area contributed by atoms with Crippen LogP contribution in [0.25, 0.3) is 0 Å². The minimum Gasteiger partial charge on any atom is -0.390 e. The van der Waals surface area contributed by atoms with Crippen molar-refractivity contribution in [1.29, 1.82) is 0 Å². The second-order valence-electron chi connectivity index (χ2n) is 2.65. The van der Waals surface area contributed by atoms with E-state index < -0.39 is 21.6 Å². The topological polar surface area (TPSA) is 86.6 Å². The van der Waals surface area contributed by atoms with Gasteiger partial charge < -0.3 is 10.4 Å². The van der Waals surface area contributed by atoms with Gasteiger partial charge >= 0.3 is 0 Å². The van der Waals surface area contributed by atoms with Crippen molar-refractivity contribution in [1.82, 2.24) is 5.32 Å². The first-order valence-corrected chi connectivity index (χ1v) is 5.45. The largest absolute Gasteiger partial charge is 0.390 e. The summed E-state index contributed by atoms with van der Waals surface area (Å²) in [4.78, 5) is 0. The fourth-order valence-corrected chi connectivity index (χ4v) is 1.50. The molecule has 0 saturated heterocycles. The Morgan fingerprint density at radius 3 is 2.38 bits per heavy atom. The van der Waals surface area contributed by atoms with Crippen LogP contribution >= 0.6 is 0 Å². The third kappa shape index (κ3) is 4.87. The molecule has 2 unspecified atom stereocenters. The molecular weight excluding hydrogens is 194 g/mol. The molecule has 0 spiro atoms. The molecule has 0 aliphatic heterocycles. The monoisotopic (exact) mass is 209 g/mol. The van der Waals surface area contributed by atoms with E-state index in [9.17, 15) is 8.42 Å². The Morgan fingerprint density at radius 2 is 2.08 bits per heavy atom. The van der Waals surface area contributed by atoms with E-state index in [0.717, 1.165) is 6.42 Å². The zero-order valence-electron chi connectivity index (χ0n) is 7.64. The standard InChI is InChI=1S/C7H15NO4S/c1-3-4-5-8-7(6(2)9)13(10,11)12/h4-9H,3H2,1-2H3,(H,10,11,12). The summed E-state index contributed by atoms with van der Waals surface area (Å²) >= 11 is 0. The highest BCUT2D eigenvalue weighted by Crippen LogP contribution is 2.00. The predicted octanol–water partition coefficient (Wildman–Crippen LogP) is 0.0944. The van der Waals surface area contributed by atoms with Crippen LogP contribution < -0.4 is 5.32 Å². The molecule has 0 fully saturated rings. The van der Waals surface area contributed by atoms with Crippen molar-refractivity contribution in [3.63, 3.8) is 0 Å². The van der Waals surface area contributed by atoms with Gasteiger partial charge in [0.15, 0.2) is 5.37 Å². The molecular formula is C7H15NO4S. The van der Waals surface area contributed by atoms with Crippen LogP contribution in [0.3, 0.4) is 0 Å². The molecule has 13 heavy (non-hydrogen) atoms. The fourth-order valence-electron chi connectivity index (χ4n) is 0.755. The minimum absolute atomic E-state index is 0.741. The lowest BCUT2D eigenvalue weighted by molar-refractivity contribution is 0.176. The first-order valence-electron chi connectivity index (χ1n) is 3.95. The van der Waals surface area contributed by atoms with E-state index in [1.54, 1.807) is 6.08 Å². The average Bonchev–Trinajstić information content (AvgIpc) is 1.94. The number of rotatable bonds is 5. The average molecular weight is 209 g/mol. The van der Waals surface area contributed by atoms with Crippen LogP contribution in [0, 0.1) is 0 Å². The molecule has 0 bridgehead atoms. The molecule has 5 nitrogen and oxygen atoms in total. The number of hydrogen-bond donors (Lipinski definition) is 3. The van der Waals surface area contributed by atoms with Crippen LogP contribution in [0.5, 0.6) is 0 Å². The van der Waals surface area contributed by atoms with Crippen molar-refractivity contribution < 1.29 is 18.1 Å². The number of hydrogen-bond acceptors (Lipinski definition) is 4. The molecule has 0 radical (unpaired) electrons. The van der Waals surface area contributed by atoms with E-state index in [4.69, 9.17) is 9.66 Å². The molecule has 0 amide bonds. The van der Waals surface area contributed by atoms with Gasteiger partial charge in [-0.15, -0.1) is 0 Å². The Morgan fingerprint density at radius 1 is 1.54 bits per heavy atom. The fraction of sp³-hybridized carbons (Fsp3) is 0.714. The van der Waals surface area contributed by atoms with Gasteiger partial charge in [0.25, 0.3) is 10.1 Å². The van der Waals surface area contributed by atoms with Crippen LogP contribution in [0.1, 0.15) is 20.3 Å². The first kappa shape index (κ1) is 12.4. The second-order valence-corrected chi connectivity index (χ2v) is 4.19. The van der Waals surface area contributed by atoms with E-state index in [-0.39, 0.29) is 0 Å². The maximum atomic E-state index is 10.7. The normalized spacial score (nSPS) is 17.2. The number of aliphatic hydroxyl groups excluding tert-OH is 1. The predicted molar refractivity (Wildman–Crippen MR) is 49.6 cm³/mol. The maximum Gasteiger partial charge on any atom is 0.288 e. The van der Waals surface area contributed by atoms with Crippen molar-refractivity contribution in [2.24, 2.45) is 0 Å². The van der Waals surface area contributed by atoms with Gasteiger partial charge in [0.2, 0.25) is 0 Å². The molecule has 0 heterocycles. The molecule has 2 atom stereocenters. The molecule has 0 aromatic heterocycles. The van der Waals surface area contributed by atoms with Crippen molar-refractivity contribution in [2.75, 3.05) is 0 Å². The van der Waals surface area contributed by atoms with Crippen molar-refractivity contribution in [3.8, 4) is 0 Å². The summed E-state index contributed by atoms with van der Waals surface area (Å²) in [5.41, 5.74) is 0. The van der Waals surface area contributed by atoms with Crippen LogP contribution in [-0.2, 0) is 10.1 Å². The van der Waals surface area contributed by atoms with Gasteiger partial charge in [-0.1, -0.05) is 13.0 Å². The zero-order valence-corrected chi connectivity index (χ0v) is 8.45. The quantitative estimate of drug-likeness (QED) is 0.559. The number of allylic oxidation sites excluding steroid dienone is 1. The van der Waals surface area contributed by atoms with Gasteiger partial charge in [0, 0.05) is 0 Å². The Balaban J connectivity index is 4.38. The lowest BCUT2D eigenvalue weighted by atomic mass is 10.4. The van der Waals surface area contributed by atoms with E-state index in [0.29, 0.717) is 0 Å². The molecule has 0 aromatic carbocycles. The maximum absolute atomic E-state index is 10.7. The van der Waals surface area contributed by atoms with Crippen LogP contribution in [0.15, 0.2) is 12.3 Å². The Kier molecular flexibility index (Phi) is 4.97. The number of nitrogens with one attached hydrogen (secondary N) is 1. The van der Waals surface area contributed by atoms with Gasteiger partial charge in [0.05, 0.1) is 6.10 Å². The highest BCUT2D eigenvalue weighted by molar-refractivity contribution is 7.86. The summed E-state index contributed by atoms with van der Waals surface area (Å²) in [5, 5.41) is 10.0. The van der Waals surface area contributed by atoms with Crippen molar-refractivity contribution >= 4 is 10.1 Å². The molecule has 78 valence electrons. The SMILES string of the molecule is CCC=CNC(C(C)O)S(=O)(=O)O. The highest BCUT2D eigenvalue weighted by atomic mass is 32.2. The van der Waals surface area contributed by atoms with Gasteiger partial charge in [0.1, 0.15) is 0 Å². The van der Waals surface area contributed by atoms with Crippen molar-refractivity contribution in [3.05, 3.63) is 12.3 Å². The Hall–Kier alpha value is -0.590. The lowest BCUT2D eigenvalue weighted by Crippen LogP contribution is -2.41. The van der Waals surface area contributed by atoms with E-state index >= 15 is 0 Å². The van der Waals surface area contributed by atoms with Crippen molar-refractivity contribution in [2.45, 2.75) is 31.7 Å². The lowest BCUT2D eigenvalue weighted by Gasteiger charge is -2.16. The van der Waals surface area contributed by atoms with E-state index in [2.05, 4.69) is 5.32 Å². The van der Waals surface area contributed by atoms with Gasteiger partial charge in [-0.2, -0.15) is 8.42 Å². The van der Waals surface area contributed by atoms with E-state index in [1.807, 2.05) is 6.92 Å². The minimum atomic E-state index is -4.26. The molecule has 0 aromatic rings. The summed E-state index contributed by atoms with van der Waals surface area (Å²) in [6, 6.07) is 0. The molecule has 0 aliphatic rings. The summed E-state index contributed by atoms with van der Waals surface area (Å²) in [5.74, 6) is 0. The molecule has 6 heteroatoms. The summed E-state index contributed by atoms with van der Waals surface area (Å²) in [6.45, 7) is 3.16. The summed E-state index contributed by atoms with van der Waals surface area (Å²) in [6.07, 6.45) is 2.65. The number of aliphatic hydroxyl groups is 1. The third-order valence-electron chi connectivity index (χ3n) is 1.37. The van der Waals surface area contributed by atoms with E-state index in [1.165, 1.54) is 13.1 Å². The first-order chi connectivity index (χ1) is 5.89. The molecule has 0 rings (SSSR count). The van der Waals surface area contributed by atoms with Gasteiger partial charge in [-0.25, -0.2) is 0 Å². The summed E-state index contributed by atoms with van der Waals surface area (Å²) < 4.78 is 30.0. The van der Waals surface area contributed by atoms with Gasteiger partial charge in [-0.3, -0.25) is 4.55 Å². The Bertz CT molecular complexity index is 258. The third-order valence-corrected chi connectivity index (χ3v) is 2.54. The molecule has 0 saturated carbocycles. The van der Waals surface area contributed by atoms with Crippen LogP contribution in [-0.4, -0.2) is 29.6 Å². The van der Waals surface area contributed by atoms with Crippen LogP contribution in [0.2, 0.25) is 0 Å². The van der Waals surface area contributed by atoms with Crippen LogP contribution in [0.4, 0.5) is 0 Å². The highest BCUT2D eigenvalue weighted by Gasteiger charge is 2.26. The molecule has 0 aliphatic carbocycles. The smallest absolute Gasteiger partial charge is 0.288 e. The Labute approximate surface area is 78.2 Å². The summed E-state index contributed by atoms with van der Waals surface area (Å²) in [7, 11) is -4.26. The second kappa shape index (κ2) is 5.21. The molecule has 3 N–H and O–H groups in total. The van der Waals surface area contributed by atoms with Gasteiger partial charge in [-0.05, 0) is 19.5 Å². The zero-order chi connectivity index (χ0) is 10.5.